The largest absolute Gasteiger partial charge is 0.490 e. The maximum absolute atomic E-state index is 13.3. The maximum Gasteiger partial charge on any atom is 0.242 e. The third kappa shape index (κ3) is 8.24. The molecule has 7 heteroatoms. The number of nitrogens with one attached hydrogen (secondary N) is 1. The van der Waals surface area contributed by atoms with E-state index in [0.29, 0.717) is 42.7 Å². The lowest BCUT2D eigenvalue weighted by molar-refractivity contribution is -0.140. The van der Waals surface area contributed by atoms with Crippen LogP contribution in [0.1, 0.15) is 58.6 Å². The third-order valence-corrected chi connectivity index (χ3v) is 5.92. The molecule has 34 heavy (non-hydrogen) atoms. The van der Waals surface area contributed by atoms with Gasteiger partial charge in [-0.15, -0.1) is 0 Å². The molecule has 0 saturated heterocycles. The molecular weight excluding hydrogens is 452 g/mol. The Balaban J connectivity index is 2.17. The number of carbonyl (C=O) groups is 2. The molecule has 0 radical (unpaired) electrons. The van der Waals surface area contributed by atoms with Gasteiger partial charge >= 0.3 is 0 Å². The fraction of sp³-hybridized carbons (Fsp3) is 0.481. The highest BCUT2D eigenvalue weighted by atomic mass is 35.5. The van der Waals surface area contributed by atoms with Gasteiger partial charge in [0.15, 0.2) is 11.5 Å². The summed E-state index contributed by atoms with van der Waals surface area (Å²) in [4.78, 5) is 27.8. The third-order valence-electron chi connectivity index (χ3n) is 5.67. The topological polar surface area (TPSA) is 67.9 Å². The van der Waals surface area contributed by atoms with Crippen molar-refractivity contribution in [1.82, 2.24) is 10.2 Å². The van der Waals surface area contributed by atoms with Crippen LogP contribution in [0.5, 0.6) is 11.5 Å². The van der Waals surface area contributed by atoms with Crippen molar-refractivity contribution >= 4 is 23.4 Å². The molecule has 0 fully saturated rings. The molecule has 0 aliphatic carbocycles. The Morgan fingerprint density at radius 3 is 2.18 bits per heavy atom. The van der Waals surface area contributed by atoms with E-state index in [-0.39, 0.29) is 24.3 Å². The van der Waals surface area contributed by atoms with E-state index in [0.717, 1.165) is 17.5 Å². The summed E-state index contributed by atoms with van der Waals surface area (Å²) in [7, 11) is 0. The second-order valence-corrected chi connectivity index (χ2v) is 8.73. The van der Waals surface area contributed by atoms with Gasteiger partial charge in [-0.3, -0.25) is 9.59 Å². The Hall–Kier alpha value is -2.73. The number of halogens is 1. The van der Waals surface area contributed by atoms with Crippen molar-refractivity contribution in [3.8, 4) is 11.5 Å². The van der Waals surface area contributed by atoms with Crippen molar-refractivity contribution < 1.29 is 19.1 Å². The molecule has 2 aromatic rings. The number of carbonyl (C=O) groups excluding carboxylic acids is 2. The highest BCUT2D eigenvalue weighted by Crippen LogP contribution is 2.29. The number of hydrogen-bond donors (Lipinski definition) is 1. The summed E-state index contributed by atoms with van der Waals surface area (Å²) in [6, 6.07) is 12.5. The Morgan fingerprint density at radius 2 is 1.56 bits per heavy atom. The molecule has 0 heterocycles. The fourth-order valence-electron chi connectivity index (χ4n) is 3.48. The maximum atomic E-state index is 13.3. The molecule has 0 spiro atoms. The van der Waals surface area contributed by atoms with Crippen molar-refractivity contribution in [2.75, 3.05) is 13.2 Å². The minimum atomic E-state index is -0.600. The van der Waals surface area contributed by atoms with E-state index >= 15 is 0 Å². The minimum Gasteiger partial charge on any atom is -0.490 e. The molecular formula is C27H37ClN2O4. The van der Waals surface area contributed by atoms with Gasteiger partial charge in [-0.2, -0.15) is 0 Å². The van der Waals surface area contributed by atoms with Crippen LogP contribution in [-0.2, 0) is 22.6 Å². The van der Waals surface area contributed by atoms with Crippen LogP contribution >= 0.6 is 11.6 Å². The van der Waals surface area contributed by atoms with Crippen LogP contribution in [0.2, 0.25) is 5.02 Å². The molecule has 0 aliphatic rings. The highest BCUT2D eigenvalue weighted by molar-refractivity contribution is 6.30. The van der Waals surface area contributed by atoms with E-state index in [9.17, 15) is 9.59 Å². The molecule has 0 aliphatic heterocycles. The first kappa shape index (κ1) is 27.5. The van der Waals surface area contributed by atoms with E-state index in [1.165, 1.54) is 0 Å². The predicted molar refractivity (Wildman–Crippen MR) is 136 cm³/mol. The number of rotatable bonds is 13. The number of ether oxygens (including phenoxy) is 2. The van der Waals surface area contributed by atoms with Gasteiger partial charge in [0, 0.05) is 24.0 Å². The zero-order valence-electron chi connectivity index (χ0n) is 20.9. The van der Waals surface area contributed by atoms with Gasteiger partial charge in [-0.05, 0) is 75.9 Å². The van der Waals surface area contributed by atoms with Gasteiger partial charge in [0.25, 0.3) is 0 Å². The van der Waals surface area contributed by atoms with Crippen molar-refractivity contribution in [2.45, 2.75) is 72.5 Å². The summed E-state index contributed by atoms with van der Waals surface area (Å²) < 4.78 is 11.3. The second kappa shape index (κ2) is 13.9. The number of aryl methyl sites for hydroxylation is 1. The van der Waals surface area contributed by atoms with Gasteiger partial charge in [-0.25, -0.2) is 0 Å². The van der Waals surface area contributed by atoms with Crippen LogP contribution in [-0.4, -0.2) is 42.0 Å². The molecule has 2 atom stereocenters. The Morgan fingerprint density at radius 1 is 0.941 bits per heavy atom. The average Bonchev–Trinajstić information content (AvgIpc) is 2.83. The molecule has 2 aromatic carbocycles. The number of hydrogen-bond acceptors (Lipinski definition) is 4. The normalized spacial score (nSPS) is 12.5. The zero-order valence-corrected chi connectivity index (χ0v) is 21.7. The summed E-state index contributed by atoms with van der Waals surface area (Å²) in [6.07, 6.45) is 1.62. The van der Waals surface area contributed by atoms with Gasteiger partial charge in [-0.1, -0.05) is 36.7 Å². The molecule has 0 saturated carbocycles. The van der Waals surface area contributed by atoms with E-state index in [2.05, 4.69) is 5.32 Å². The Kier molecular flexibility index (Phi) is 11.2. The van der Waals surface area contributed by atoms with Crippen molar-refractivity contribution in [1.29, 1.82) is 0 Å². The van der Waals surface area contributed by atoms with Crippen LogP contribution in [0, 0.1) is 0 Å². The van der Waals surface area contributed by atoms with Crippen LogP contribution in [0.4, 0.5) is 0 Å². The highest BCUT2D eigenvalue weighted by Gasteiger charge is 2.26. The molecule has 2 amide bonds. The van der Waals surface area contributed by atoms with Crippen LogP contribution < -0.4 is 14.8 Å². The molecule has 6 nitrogen and oxygen atoms in total. The summed E-state index contributed by atoms with van der Waals surface area (Å²) in [6.45, 7) is 11.0. The summed E-state index contributed by atoms with van der Waals surface area (Å²) >= 11 is 6.02. The smallest absolute Gasteiger partial charge is 0.242 e. The first-order valence-corrected chi connectivity index (χ1v) is 12.4. The predicted octanol–water partition coefficient (Wildman–Crippen LogP) is 5.40. The molecule has 1 N–H and O–H groups in total. The van der Waals surface area contributed by atoms with Gasteiger partial charge < -0.3 is 19.7 Å². The SMILES string of the molecule is CCOc1ccc(CCC(=O)N(Cc2ccc(Cl)cc2)C(C)C(=O)NC(C)CC)cc1OCC. The summed E-state index contributed by atoms with van der Waals surface area (Å²) in [5.41, 5.74) is 1.89. The summed E-state index contributed by atoms with van der Waals surface area (Å²) in [5.74, 6) is 1.12. The summed E-state index contributed by atoms with van der Waals surface area (Å²) in [5, 5.41) is 3.62. The van der Waals surface area contributed by atoms with Crippen molar-refractivity contribution in [2.24, 2.45) is 0 Å². The zero-order chi connectivity index (χ0) is 25.1. The van der Waals surface area contributed by atoms with Crippen LogP contribution in [0.15, 0.2) is 42.5 Å². The van der Waals surface area contributed by atoms with Crippen molar-refractivity contribution in [3.05, 3.63) is 58.6 Å². The lowest BCUT2D eigenvalue weighted by Crippen LogP contribution is -2.49. The van der Waals surface area contributed by atoms with E-state index in [1.54, 1.807) is 24.0 Å². The lowest BCUT2D eigenvalue weighted by Gasteiger charge is -2.30. The first-order chi connectivity index (χ1) is 16.3. The van der Waals surface area contributed by atoms with Crippen LogP contribution in [0.3, 0.4) is 0 Å². The molecule has 0 bridgehead atoms. The van der Waals surface area contributed by atoms with Gasteiger partial charge in [0.05, 0.1) is 13.2 Å². The van der Waals surface area contributed by atoms with Gasteiger partial charge in [0.2, 0.25) is 11.8 Å². The molecule has 2 rings (SSSR count). The first-order valence-electron chi connectivity index (χ1n) is 12.0. The fourth-order valence-corrected chi connectivity index (χ4v) is 3.61. The molecule has 0 aromatic heterocycles. The minimum absolute atomic E-state index is 0.0447. The van der Waals surface area contributed by atoms with E-state index < -0.39 is 6.04 Å². The lowest BCUT2D eigenvalue weighted by atomic mass is 10.1. The van der Waals surface area contributed by atoms with Gasteiger partial charge in [0.1, 0.15) is 6.04 Å². The molecule has 2 unspecified atom stereocenters. The quantitative estimate of drug-likeness (QED) is 0.409. The standard InChI is InChI=1S/C27H37ClN2O4/c1-6-19(4)29-27(32)20(5)30(18-22-9-13-23(28)14-10-22)26(31)16-12-21-11-15-24(33-7-2)25(17-21)34-8-3/h9-11,13-15,17,19-20H,6-8,12,16,18H2,1-5H3,(H,29,32). The molecule has 186 valence electrons. The average molecular weight is 489 g/mol. The Labute approximate surface area is 208 Å². The number of benzene rings is 2. The monoisotopic (exact) mass is 488 g/mol. The Bertz CT molecular complexity index is 933. The van der Waals surface area contributed by atoms with E-state index in [4.69, 9.17) is 21.1 Å². The van der Waals surface area contributed by atoms with Crippen LogP contribution in [0.25, 0.3) is 0 Å². The van der Waals surface area contributed by atoms with Crippen molar-refractivity contribution in [3.63, 3.8) is 0 Å². The van der Waals surface area contributed by atoms with E-state index in [1.807, 2.05) is 58.0 Å². The number of amides is 2. The second-order valence-electron chi connectivity index (χ2n) is 8.29. The number of nitrogens with zero attached hydrogens (tertiary/aromatic N) is 1.